The number of hydrogen-bond acceptors (Lipinski definition) is 3. The predicted octanol–water partition coefficient (Wildman–Crippen LogP) is 0.941. The maximum absolute atomic E-state index is 11.1. The van der Waals surface area contributed by atoms with Gasteiger partial charge in [0.15, 0.2) is 5.78 Å². The zero-order valence-electron chi connectivity index (χ0n) is 7.29. The SMILES string of the molecule is C=CC1(C)C(=O)C1C(=O)OCC. The van der Waals surface area contributed by atoms with E-state index in [4.69, 9.17) is 4.74 Å². The van der Waals surface area contributed by atoms with Crippen molar-refractivity contribution in [1.29, 1.82) is 0 Å². The highest BCUT2D eigenvalue weighted by atomic mass is 16.5. The van der Waals surface area contributed by atoms with E-state index in [1.54, 1.807) is 13.8 Å². The van der Waals surface area contributed by atoms with Crippen molar-refractivity contribution in [3.05, 3.63) is 12.7 Å². The van der Waals surface area contributed by atoms with Crippen LogP contribution in [0.2, 0.25) is 0 Å². The molecule has 0 amide bonds. The van der Waals surface area contributed by atoms with Crippen LogP contribution >= 0.6 is 0 Å². The Hall–Kier alpha value is -1.12. The lowest BCUT2D eigenvalue weighted by atomic mass is 10.1. The van der Waals surface area contributed by atoms with Crippen molar-refractivity contribution in [3.63, 3.8) is 0 Å². The van der Waals surface area contributed by atoms with E-state index in [1.807, 2.05) is 0 Å². The molecule has 1 rings (SSSR count). The molecule has 1 fully saturated rings. The van der Waals surface area contributed by atoms with E-state index in [0.29, 0.717) is 6.61 Å². The molecule has 0 aliphatic heterocycles. The molecule has 0 bridgehead atoms. The number of rotatable bonds is 3. The molecule has 0 aromatic heterocycles. The van der Waals surface area contributed by atoms with Gasteiger partial charge in [-0.25, -0.2) is 0 Å². The zero-order valence-corrected chi connectivity index (χ0v) is 7.29. The highest BCUT2D eigenvalue weighted by Gasteiger charge is 2.64. The van der Waals surface area contributed by atoms with E-state index in [2.05, 4.69) is 6.58 Å². The average Bonchev–Trinajstić information content (AvgIpc) is 2.57. The van der Waals surface area contributed by atoms with Crippen LogP contribution in [0.5, 0.6) is 0 Å². The average molecular weight is 168 g/mol. The minimum atomic E-state index is -0.660. The summed E-state index contributed by atoms with van der Waals surface area (Å²) >= 11 is 0. The first kappa shape index (κ1) is 8.97. The van der Waals surface area contributed by atoms with E-state index in [1.165, 1.54) is 6.08 Å². The molecule has 2 atom stereocenters. The van der Waals surface area contributed by atoms with Crippen molar-refractivity contribution in [3.8, 4) is 0 Å². The molecule has 1 aliphatic carbocycles. The fourth-order valence-electron chi connectivity index (χ4n) is 1.22. The summed E-state index contributed by atoms with van der Waals surface area (Å²) < 4.78 is 4.73. The summed E-state index contributed by atoms with van der Waals surface area (Å²) in [7, 11) is 0. The van der Waals surface area contributed by atoms with Crippen molar-refractivity contribution in [2.24, 2.45) is 11.3 Å². The molecule has 1 aliphatic rings. The number of ether oxygens (including phenoxy) is 1. The summed E-state index contributed by atoms with van der Waals surface area (Å²) in [6, 6.07) is 0. The van der Waals surface area contributed by atoms with Gasteiger partial charge in [-0.05, 0) is 13.8 Å². The molecule has 66 valence electrons. The number of Topliss-reactive ketones (excluding diaryl/α,β-unsaturated/α-hetero) is 1. The van der Waals surface area contributed by atoms with Crippen LogP contribution in [-0.4, -0.2) is 18.4 Å². The Morgan fingerprint density at radius 1 is 1.83 bits per heavy atom. The molecule has 12 heavy (non-hydrogen) atoms. The molecular weight excluding hydrogens is 156 g/mol. The highest BCUT2D eigenvalue weighted by Crippen LogP contribution is 2.49. The number of ketones is 1. The zero-order chi connectivity index (χ0) is 9.35. The second-order valence-corrected chi connectivity index (χ2v) is 3.04. The van der Waals surface area contributed by atoms with Crippen LogP contribution in [0.4, 0.5) is 0 Å². The summed E-state index contributed by atoms with van der Waals surface area (Å²) in [5.74, 6) is -1.11. The first-order chi connectivity index (χ1) is 5.57. The number of carbonyl (C=O) groups is 2. The number of carbonyl (C=O) groups excluding carboxylic acids is 2. The molecule has 0 heterocycles. The van der Waals surface area contributed by atoms with Crippen LogP contribution in [0.25, 0.3) is 0 Å². The summed E-state index contributed by atoms with van der Waals surface area (Å²) in [6.07, 6.45) is 1.51. The molecule has 2 unspecified atom stereocenters. The fourth-order valence-corrected chi connectivity index (χ4v) is 1.22. The summed E-state index contributed by atoms with van der Waals surface area (Å²) in [5, 5.41) is 0. The van der Waals surface area contributed by atoms with E-state index in [-0.39, 0.29) is 5.78 Å². The van der Waals surface area contributed by atoms with Gasteiger partial charge in [0.05, 0.1) is 12.0 Å². The van der Waals surface area contributed by atoms with E-state index in [0.717, 1.165) is 0 Å². The quantitative estimate of drug-likeness (QED) is 0.358. The molecular formula is C9H12O3. The fraction of sp³-hybridized carbons (Fsp3) is 0.556. The first-order valence-corrected chi connectivity index (χ1v) is 3.92. The van der Waals surface area contributed by atoms with Gasteiger partial charge in [0, 0.05) is 0 Å². The van der Waals surface area contributed by atoms with Crippen molar-refractivity contribution >= 4 is 11.8 Å². The van der Waals surface area contributed by atoms with E-state index < -0.39 is 17.3 Å². The molecule has 3 heteroatoms. The largest absolute Gasteiger partial charge is 0.465 e. The van der Waals surface area contributed by atoms with Gasteiger partial charge in [-0.15, -0.1) is 6.58 Å². The number of hydrogen-bond donors (Lipinski definition) is 0. The smallest absolute Gasteiger partial charge is 0.317 e. The second-order valence-electron chi connectivity index (χ2n) is 3.04. The Bertz CT molecular complexity index is 244. The molecule has 0 saturated heterocycles. The van der Waals surface area contributed by atoms with Crippen molar-refractivity contribution in [2.75, 3.05) is 6.61 Å². The van der Waals surface area contributed by atoms with Gasteiger partial charge >= 0.3 is 5.97 Å². The van der Waals surface area contributed by atoms with E-state index in [9.17, 15) is 9.59 Å². The Kier molecular flexibility index (Phi) is 2.04. The first-order valence-electron chi connectivity index (χ1n) is 3.92. The second kappa shape index (κ2) is 2.73. The predicted molar refractivity (Wildman–Crippen MR) is 43.4 cm³/mol. The van der Waals surface area contributed by atoms with Gasteiger partial charge in [-0.1, -0.05) is 6.08 Å². The lowest BCUT2D eigenvalue weighted by Gasteiger charge is -2.00. The minimum absolute atomic E-state index is 0.0871. The third kappa shape index (κ3) is 1.05. The summed E-state index contributed by atoms with van der Waals surface area (Å²) in [6.45, 7) is 7.24. The summed E-state index contributed by atoms with van der Waals surface area (Å²) in [4.78, 5) is 22.2. The van der Waals surface area contributed by atoms with Crippen LogP contribution in [-0.2, 0) is 14.3 Å². The van der Waals surface area contributed by atoms with Crippen LogP contribution in [0, 0.1) is 11.3 Å². The molecule has 0 N–H and O–H groups in total. The summed E-state index contributed by atoms with van der Waals surface area (Å²) in [5.41, 5.74) is -0.660. The van der Waals surface area contributed by atoms with Gasteiger partial charge in [-0.2, -0.15) is 0 Å². The standard InChI is InChI=1S/C9H12O3/c1-4-9(3)6(7(9)10)8(11)12-5-2/h4,6H,1,5H2,2-3H3. The highest BCUT2D eigenvalue weighted by molar-refractivity contribution is 6.18. The maximum atomic E-state index is 11.1. The topological polar surface area (TPSA) is 43.4 Å². The Labute approximate surface area is 71.4 Å². The third-order valence-electron chi connectivity index (χ3n) is 2.26. The minimum Gasteiger partial charge on any atom is -0.465 e. The molecule has 0 radical (unpaired) electrons. The molecule has 0 aromatic carbocycles. The molecule has 1 saturated carbocycles. The molecule has 0 aromatic rings. The lowest BCUT2D eigenvalue weighted by molar-refractivity contribution is -0.145. The monoisotopic (exact) mass is 168 g/mol. The van der Waals surface area contributed by atoms with Crippen LogP contribution in [0.3, 0.4) is 0 Å². The normalized spacial score (nSPS) is 32.8. The van der Waals surface area contributed by atoms with Crippen molar-refractivity contribution in [2.45, 2.75) is 13.8 Å². The molecule has 0 spiro atoms. The third-order valence-corrected chi connectivity index (χ3v) is 2.26. The van der Waals surface area contributed by atoms with Crippen LogP contribution in [0.15, 0.2) is 12.7 Å². The van der Waals surface area contributed by atoms with Gasteiger partial charge in [0.25, 0.3) is 0 Å². The van der Waals surface area contributed by atoms with Crippen molar-refractivity contribution in [1.82, 2.24) is 0 Å². The molecule has 3 nitrogen and oxygen atoms in total. The van der Waals surface area contributed by atoms with Crippen LogP contribution in [0.1, 0.15) is 13.8 Å². The van der Waals surface area contributed by atoms with Gasteiger partial charge in [-0.3, -0.25) is 9.59 Å². The van der Waals surface area contributed by atoms with E-state index >= 15 is 0 Å². The van der Waals surface area contributed by atoms with Gasteiger partial charge in [0.2, 0.25) is 0 Å². The lowest BCUT2D eigenvalue weighted by Crippen LogP contribution is -2.10. The van der Waals surface area contributed by atoms with Gasteiger partial charge < -0.3 is 4.74 Å². The van der Waals surface area contributed by atoms with Crippen LogP contribution < -0.4 is 0 Å². The maximum Gasteiger partial charge on any atom is 0.317 e. The number of esters is 1. The Morgan fingerprint density at radius 3 is 2.75 bits per heavy atom. The Morgan fingerprint density at radius 2 is 2.42 bits per heavy atom. The Balaban J connectivity index is 2.64. The number of allylic oxidation sites excluding steroid dienone is 1. The van der Waals surface area contributed by atoms with Gasteiger partial charge in [0.1, 0.15) is 5.92 Å². The van der Waals surface area contributed by atoms with Crippen molar-refractivity contribution < 1.29 is 14.3 Å².